The van der Waals surface area contributed by atoms with Gasteiger partial charge in [0.1, 0.15) is 17.3 Å². The second-order valence-corrected chi connectivity index (χ2v) is 5.83. The Hall–Kier alpha value is -2.11. The number of hydrogen-bond acceptors (Lipinski definition) is 4. The number of rotatable bonds is 5. The van der Waals surface area contributed by atoms with Gasteiger partial charge in [-0.2, -0.15) is 0 Å². The van der Waals surface area contributed by atoms with Crippen LogP contribution in [0.4, 0.5) is 4.39 Å². The van der Waals surface area contributed by atoms with Gasteiger partial charge in [-0.25, -0.2) is 4.39 Å². The van der Waals surface area contributed by atoms with Gasteiger partial charge in [-0.3, -0.25) is 4.90 Å². The number of ether oxygens (including phenoxy) is 3. The molecule has 1 atom stereocenters. The summed E-state index contributed by atoms with van der Waals surface area (Å²) in [5, 5.41) is 0. The third kappa shape index (κ3) is 3.86. The van der Waals surface area contributed by atoms with Gasteiger partial charge in [-0.05, 0) is 23.8 Å². The first-order chi connectivity index (χ1) is 11.7. The normalized spacial score (nSPS) is 18.4. The minimum absolute atomic E-state index is 0.112. The van der Waals surface area contributed by atoms with Crippen LogP contribution in [0.3, 0.4) is 0 Å². The van der Waals surface area contributed by atoms with Crippen LogP contribution in [0.1, 0.15) is 17.2 Å². The predicted molar refractivity (Wildman–Crippen MR) is 89.9 cm³/mol. The van der Waals surface area contributed by atoms with Crippen LogP contribution < -0.4 is 9.47 Å². The number of nitrogens with zero attached hydrogens (tertiary/aromatic N) is 1. The molecule has 0 aliphatic carbocycles. The second-order valence-electron chi connectivity index (χ2n) is 5.83. The van der Waals surface area contributed by atoms with Crippen molar-refractivity contribution >= 4 is 0 Å². The summed E-state index contributed by atoms with van der Waals surface area (Å²) >= 11 is 0. The molecule has 2 aromatic rings. The highest BCUT2D eigenvalue weighted by molar-refractivity contribution is 5.40. The van der Waals surface area contributed by atoms with Crippen LogP contribution in [0.5, 0.6) is 11.5 Å². The molecule has 1 fully saturated rings. The molecular formula is C19H22FNO3. The Labute approximate surface area is 141 Å². The largest absolute Gasteiger partial charge is 0.497 e. The van der Waals surface area contributed by atoms with Crippen LogP contribution in [0, 0.1) is 5.82 Å². The van der Waals surface area contributed by atoms with E-state index in [9.17, 15) is 4.39 Å². The van der Waals surface area contributed by atoms with Crippen molar-refractivity contribution in [2.45, 2.75) is 12.6 Å². The highest BCUT2D eigenvalue weighted by Crippen LogP contribution is 2.28. The summed E-state index contributed by atoms with van der Waals surface area (Å²) in [6.07, 6.45) is -0.112. The van der Waals surface area contributed by atoms with Crippen LogP contribution >= 0.6 is 0 Å². The third-order valence-electron chi connectivity index (χ3n) is 4.26. The van der Waals surface area contributed by atoms with E-state index in [2.05, 4.69) is 4.90 Å². The molecule has 1 unspecified atom stereocenters. The summed E-state index contributed by atoms with van der Waals surface area (Å²) in [6, 6.07) is 12.5. The van der Waals surface area contributed by atoms with E-state index in [0.29, 0.717) is 6.61 Å². The summed E-state index contributed by atoms with van der Waals surface area (Å²) < 4.78 is 30.0. The molecule has 5 heteroatoms. The van der Waals surface area contributed by atoms with E-state index in [4.69, 9.17) is 14.2 Å². The van der Waals surface area contributed by atoms with Crippen molar-refractivity contribution in [2.24, 2.45) is 0 Å². The first kappa shape index (κ1) is 16.7. The highest BCUT2D eigenvalue weighted by atomic mass is 19.1. The molecule has 4 nitrogen and oxygen atoms in total. The minimum Gasteiger partial charge on any atom is -0.497 e. The highest BCUT2D eigenvalue weighted by Gasteiger charge is 2.23. The van der Waals surface area contributed by atoms with E-state index in [1.54, 1.807) is 26.4 Å². The Morgan fingerprint density at radius 2 is 2.04 bits per heavy atom. The van der Waals surface area contributed by atoms with Crippen molar-refractivity contribution < 1.29 is 18.6 Å². The van der Waals surface area contributed by atoms with Gasteiger partial charge in [0.25, 0.3) is 0 Å². The van der Waals surface area contributed by atoms with Crippen LogP contribution in [0.25, 0.3) is 0 Å². The molecule has 0 bridgehead atoms. The fourth-order valence-corrected chi connectivity index (χ4v) is 2.98. The van der Waals surface area contributed by atoms with Gasteiger partial charge in [0, 0.05) is 31.3 Å². The number of benzene rings is 2. The van der Waals surface area contributed by atoms with Crippen molar-refractivity contribution in [1.29, 1.82) is 0 Å². The van der Waals surface area contributed by atoms with Gasteiger partial charge < -0.3 is 14.2 Å². The lowest BCUT2D eigenvalue weighted by molar-refractivity contribution is -0.0332. The van der Waals surface area contributed by atoms with Gasteiger partial charge in [0.05, 0.1) is 26.9 Å². The van der Waals surface area contributed by atoms with E-state index < -0.39 is 0 Å². The molecule has 3 rings (SSSR count). The first-order valence-electron chi connectivity index (χ1n) is 8.00. The number of methoxy groups -OCH3 is 2. The zero-order valence-electron chi connectivity index (χ0n) is 14.0. The van der Waals surface area contributed by atoms with E-state index >= 15 is 0 Å². The summed E-state index contributed by atoms with van der Waals surface area (Å²) in [4.78, 5) is 2.30. The maximum Gasteiger partial charge on any atom is 0.127 e. The fourth-order valence-electron chi connectivity index (χ4n) is 2.98. The summed E-state index contributed by atoms with van der Waals surface area (Å²) in [5.74, 6) is 1.35. The Morgan fingerprint density at radius 3 is 2.79 bits per heavy atom. The van der Waals surface area contributed by atoms with Crippen LogP contribution in [0.15, 0.2) is 42.5 Å². The molecule has 128 valence electrons. The molecule has 1 saturated heterocycles. The van der Waals surface area contributed by atoms with E-state index in [0.717, 1.165) is 42.3 Å². The van der Waals surface area contributed by atoms with Crippen molar-refractivity contribution in [3.8, 4) is 11.5 Å². The number of halogens is 1. The first-order valence-corrected chi connectivity index (χ1v) is 8.00. The lowest BCUT2D eigenvalue weighted by Crippen LogP contribution is -2.37. The molecule has 1 aliphatic heterocycles. The molecule has 0 radical (unpaired) electrons. The van der Waals surface area contributed by atoms with Crippen molar-refractivity contribution in [3.63, 3.8) is 0 Å². The minimum atomic E-state index is -0.231. The fraction of sp³-hybridized carbons (Fsp3) is 0.368. The predicted octanol–water partition coefficient (Wildman–Crippen LogP) is 3.42. The molecule has 0 aromatic heterocycles. The molecule has 1 aliphatic rings. The lowest BCUT2D eigenvalue weighted by Gasteiger charge is -2.33. The Balaban J connectivity index is 1.71. The zero-order chi connectivity index (χ0) is 16.9. The summed E-state index contributed by atoms with van der Waals surface area (Å²) in [5.41, 5.74) is 1.97. The molecule has 2 aromatic carbocycles. The maximum atomic E-state index is 13.4. The van der Waals surface area contributed by atoms with Gasteiger partial charge in [0.15, 0.2) is 0 Å². The molecule has 0 N–H and O–H groups in total. The van der Waals surface area contributed by atoms with Crippen LogP contribution in [0.2, 0.25) is 0 Å². The number of morpholine rings is 1. The Bertz CT molecular complexity index is 692. The van der Waals surface area contributed by atoms with E-state index in [1.807, 2.05) is 24.3 Å². The van der Waals surface area contributed by atoms with Gasteiger partial charge >= 0.3 is 0 Å². The summed E-state index contributed by atoms with van der Waals surface area (Å²) in [7, 11) is 3.30. The summed E-state index contributed by atoms with van der Waals surface area (Å²) in [6.45, 7) is 2.93. The SMILES string of the molecule is COc1ccc(CN2CCOC(c3cccc(F)c3)C2)c(OC)c1. The van der Waals surface area contributed by atoms with Gasteiger partial charge in [-0.1, -0.05) is 18.2 Å². The molecule has 0 spiro atoms. The van der Waals surface area contributed by atoms with Crippen LogP contribution in [-0.4, -0.2) is 38.8 Å². The van der Waals surface area contributed by atoms with Crippen molar-refractivity contribution in [3.05, 3.63) is 59.4 Å². The average molecular weight is 331 g/mol. The van der Waals surface area contributed by atoms with Crippen LogP contribution in [-0.2, 0) is 11.3 Å². The second kappa shape index (κ2) is 7.64. The topological polar surface area (TPSA) is 30.9 Å². The molecule has 1 heterocycles. The van der Waals surface area contributed by atoms with Gasteiger partial charge in [0.2, 0.25) is 0 Å². The maximum absolute atomic E-state index is 13.4. The lowest BCUT2D eigenvalue weighted by atomic mass is 10.1. The Morgan fingerprint density at radius 1 is 1.17 bits per heavy atom. The number of hydrogen-bond donors (Lipinski definition) is 0. The third-order valence-corrected chi connectivity index (χ3v) is 4.26. The Kier molecular flexibility index (Phi) is 5.33. The van der Waals surface area contributed by atoms with E-state index in [-0.39, 0.29) is 11.9 Å². The zero-order valence-corrected chi connectivity index (χ0v) is 14.0. The van der Waals surface area contributed by atoms with Crippen molar-refractivity contribution in [2.75, 3.05) is 33.9 Å². The quantitative estimate of drug-likeness (QED) is 0.840. The molecule has 24 heavy (non-hydrogen) atoms. The molecule has 0 saturated carbocycles. The molecular weight excluding hydrogens is 309 g/mol. The smallest absolute Gasteiger partial charge is 0.127 e. The van der Waals surface area contributed by atoms with E-state index in [1.165, 1.54) is 6.07 Å². The average Bonchev–Trinajstić information content (AvgIpc) is 2.62. The standard InChI is InChI=1S/C19H22FNO3/c1-22-17-7-6-15(18(11-17)23-2)12-21-8-9-24-19(13-21)14-4-3-5-16(20)10-14/h3-7,10-11,19H,8-9,12-13H2,1-2H3. The monoisotopic (exact) mass is 331 g/mol. The molecule has 0 amide bonds. The van der Waals surface area contributed by atoms with Gasteiger partial charge in [-0.15, -0.1) is 0 Å². The van der Waals surface area contributed by atoms with Crippen molar-refractivity contribution in [1.82, 2.24) is 4.90 Å².